The fourth-order valence-electron chi connectivity index (χ4n) is 0.376. The lowest BCUT2D eigenvalue weighted by Gasteiger charge is -1.94. The van der Waals surface area contributed by atoms with Gasteiger partial charge in [0.2, 0.25) is 0 Å². The summed E-state index contributed by atoms with van der Waals surface area (Å²) in [7, 11) is 0. The molecular weight excluding hydrogens is 150 g/mol. The molecule has 0 fully saturated rings. The minimum absolute atomic E-state index is 0.0532. The second-order valence-electron chi connectivity index (χ2n) is 1.78. The van der Waals surface area contributed by atoms with Crippen LogP contribution in [0.1, 0.15) is 6.92 Å². The maximum Gasteiger partial charge on any atom is 0.139 e. The number of hydrogen-bond acceptors (Lipinski definition) is 2. The summed E-state index contributed by atoms with van der Waals surface area (Å²) in [5, 5.41) is 9.49. The van der Waals surface area contributed by atoms with E-state index in [1.54, 1.807) is 6.92 Å². The van der Waals surface area contributed by atoms with Gasteiger partial charge in [-0.25, -0.2) is 0 Å². The van der Waals surface area contributed by atoms with Gasteiger partial charge in [-0.1, -0.05) is 18.2 Å². The number of aliphatic hydroxyl groups is 1. The Morgan fingerprint density at radius 1 is 1.70 bits per heavy atom. The van der Waals surface area contributed by atoms with Crippen LogP contribution in [0.5, 0.6) is 0 Å². The van der Waals surface area contributed by atoms with E-state index in [0.29, 0.717) is 5.03 Å². The van der Waals surface area contributed by atoms with Crippen molar-refractivity contribution in [3.8, 4) is 0 Å². The first-order valence-corrected chi connectivity index (χ1v) is 3.10. The Morgan fingerprint density at radius 2 is 2.20 bits per heavy atom. The molecule has 10 heavy (non-hydrogen) atoms. The summed E-state index contributed by atoms with van der Waals surface area (Å²) in [6.45, 7) is 5.02. The predicted octanol–water partition coefficient (Wildman–Crippen LogP) is 2.04. The third kappa shape index (κ3) is 3.20. The van der Waals surface area contributed by atoms with Crippen LogP contribution < -0.4 is 5.73 Å². The average molecular weight is 160 g/mol. The quantitative estimate of drug-likeness (QED) is 0.479. The van der Waals surface area contributed by atoms with Crippen LogP contribution in [0.25, 0.3) is 0 Å². The molecule has 0 spiro atoms. The Morgan fingerprint density at radius 3 is 2.50 bits per heavy atom. The van der Waals surface area contributed by atoms with Crippen molar-refractivity contribution in [3.63, 3.8) is 0 Å². The second kappa shape index (κ2) is 4.01. The molecule has 0 aromatic heterocycles. The normalized spacial score (nSPS) is 14.4. The standard InChI is InChI=1S/C7H10ClNO/c1-3-6(9)7(10)4-5(2)8/h3-4,10H,1,9H2,2H3/b5-4+,7-6-. The van der Waals surface area contributed by atoms with Crippen molar-refractivity contribution in [1.82, 2.24) is 0 Å². The monoisotopic (exact) mass is 159 g/mol. The van der Waals surface area contributed by atoms with E-state index in [4.69, 9.17) is 22.4 Å². The summed E-state index contributed by atoms with van der Waals surface area (Å²) in [5.74, 6) is -0.0532. The van der Waals surface area contributed by atoms with Crippen LogP contribution in [-0.4, -0.2) is 5.11 Å². The molecule has 0 aliphatic heterocycles. The molecule has 0 aromatic carbocycles. The van der Waals surface area contributed by atoms with E-state index >= 15 is 0 Å². The van der Waals surface area contributed by atoms with Crippen LogP contribution in [0.2, 0.25) is 0 Å². The predicted molar refractivity (Wildman–Crippen MR) is 43.6 cm³/mol. The zero-order chi connectivity index (χ0) is 8.15. The first kappa shape index (κ1) is 9.11. The molecule has 56 valence electrons. The first-order valence-electron chi connectivity index (χ1n) is 2.73. The van der Waals surface area contributed by atoms with E-state index < -0.39 is 0 Å². The van der Waals surface area contributed by atoms with Crippen LogP contribution >= 0.6 is 11.6 Å². The van der Waals surface area contributed by atoms with Crippen LogP contribution in [0.15, 0.2) is 35.2 Å². The molecular formula is C7H10ClNO. The van der Waals surface area contributed by atoms with E-state index in [-0.39, 0.29) is 11.5 Å². The van der Waals surface area contributed by atoms with Crippen LogP contribution in [-0.2, 0) is 0 Å². The largest absolute Gasteiger partial charge is 0.506 e. The van der Waals surface area contributed by atoms with Crippen LogP contribution in [0.4, 0.5) is 0 Å². The Bertz CT molecular complexity index is 190. The summed E-state index contributed by atoms with van der Waals surface area (Å²) in [4.78, 5) is 0. The van der Waals surface area contributed by atoms with Gasteiger partial charge in [0.15, 0.2) is 0 Å². The van der Waals surface area contributed by atoms with Gasteiger partial charge in [0.05, 0.1) is 5.70 Å². The third-order valence-corrected chi connectivity index (χ3v) is 0.960. The molecule has 0 radical (unpaired) electrons. The van der Waals surface area contributed by atoms with Gasteiger partial charge in [-0.3, -0.25) is 0 Å². The highest BCUT2D eigenvalue weighted by Crippen LogP contribution is 2.05. The lowest BCUT2D eigenvalue weighted by atomic mass is 10.3. The fourth-order valence-corrected chi connectivity index (χ4v) is 0.480. The highest BCUT2D eigenvalue weighted by Gasteiger charge is 1.92. The van der Waals surface area contributed by atoms with Gasteiger partial charge in [0.1, 0.15) is 5.76 Å². The molecule has 0 heterocycles. The van der Waals surface area contributed by atoms with E-state index in [1.807, 2.05) is 0 Å². The second-order valence-corrected chi connectivity index (χ2v) is 2.37. The summed E-state index contributed by atoms with van der Waals surface area (Å²) >= 11 is 5.45. The molecule has 0 amide bonds. The number of rotatable bonds is 2. The summed E-state index contributed by atoms with van der Waals surface area (Å²) in [5.41, 5.74) is 5.50. The summed E-state index contributed by atoms with van der Waals surface area (Å²) in [6.07, 6.45) is 2.71. The van der Waals surface area contributed by atoms with Crippen LogP contribution in [0, 0.1) is 0 Å². The Kier molecular flexibility index (Phi) is 3.65. The highest BCUT2D eigenvalue weighted by molar-refractivity contribution is 6.29. The third-order valence-electron chi connectivity index (χ3n) is 0.851. The molecule has 3 heteroatoms. The van der Waals surface area contributed by atoms with Gasteiger partial charge in [-0.05, 0) is 19.1 Å². The lowest BCUT2D eigenvalue weighted by molar-refractivity contribution is 0.426. The fraction of sp³-hybridized carbons (Fsp3) is 0.143. The summed E-state index contributed by atoms with van der Waals surface area (Å²) in [6, 6.07) is 0. The van der Waals surface area contributed by atoms with Gasteiger partial charge < -0.3 is 10.8 Å². The molecule has 0 aromatic rings. The molecule has 0 atom stereocenters. The van der Waals surface area contributed by atoms with Crippen molar-refractivity contribution >= 4 is 11.6 Å². The van der Waals surface area contributed by atoms with Gasteiger partial charge in [-0.15, -0.1) is 0 Å². The average Bonchev–Trinajstić information content (AvgIpc) is 1.85. The van der Waals surface area contributed by atoms with Crippen LogP contribution in [0.3, 0.4) is 0 Å². The van der Waals surface area contributed by atoms with E-state index in [1.165, 1.54) is 12.2 Å². The molecule has 0 unspecified atom stereocenters. The Balaban J connectivity index is 4.48. The van der Waals surface area contributed by atoms with E-state index in [9.17, 15) is 0 Å². The van der Waals surface area contributed by atoms with Gasteiger partial charge in [-0.2, -0.15) is 0 Å². The summed E-state index contributed by atoms with van der Waals surface area (Å²) < 4.78 is 0. The molecule has 2 nitrogen and oxygen atoms in total. The highest BCUT2D eigenvalue weighted by atomic mass is 35.5. The smallest absolute Gasteiger partial charge is 0.139 e. The van der Waals surface area contributed by atoms with Crippen molar-refractivity contribution in [2.24, 2.45) is 5.73 Å². The van der Waals surface area contributed by atoms with Crippen molar-refractivity contribution < 1.29 is 5.11 Å². The van der Waals surface area contributed by atoms with E-state index in [2.05, 4.69) is 6.58 Å². The van der Waals surface area contributed by atoms with Crippen molar-refractivity contribution in [2.45, 2.75) is 6.92 Å². The van der Waals surface area contributed by atoms with Crippen molar-refractivity contribution in [1.29, 1.82) is 0 Å². The SMILES string of the molecule is C=C/C(N)=C(O)\C=C(/C)Cl. The minimum atomic E-state index is -0.0532. The first-order chi connectivity index (χ1) is 4.57. The molecule has 0 rings (SSSR count). The van der Waals surface area contributed by atoms with Crippen molar-refractivity contribution in [3.05, 3.63) is 35.2 Å². The molecule has 0 bridgehead atoms. The maximum atomic E-state index is 9.01. The van der Waals surface area contributed by atoms with Crippen molar-refractivity contribution in [2.75, 3.05) is 0 Å². The zero-order valence-corrected chi connectivity index (χ0v) is 6.52. The number of hydrogen-bond donors (Lipinski definition) is 2. The molecule has 0 aliphatic rings. The van der Waals surface area contributed by atoms with Gasteiger partial charge >= 0.3 is 0 Å². The molecule has 0 saturated carbocycles. The Hall–Kier alpha value is -0.890. The topological polar surface area (TPSA) is 46.2 Å². The van der Waals surface area contributed by atoms with E-state index in [0.717, 1.165) is 0 Å². The molecule has 3 N–H and O–H groups in total. The number of allylic oxidation sites excluding steroid dienone is 3. The Labute approximate surface area is 65.3 Å². The van der Waals surface area contributed by atoms with Gasteiger partial charge in [0.25, 0.3) is 0 Å². The lowest BCUT2D eigenvalue weighted by Crippen LogP contribution is -1.96. The molecule has 0 saturated heterocycles. The zero-order valence-electron chi connectivity index (χ0n) is 5.76. The molecule has 0 aliphatic carbocycles. The minimum Gasteiger partial charge on any atom is -0.506 e. The van der Waals surface area contributed by atoms with Gasteiger partial charge in [0, 0.05) is 5.03 Å². The number of nitrogens with two attached hydrogens (primary N) is 1. The maximum absolute atomic E-state index is 9.01. The number of aliphatic hydroxyl groups excluding tert-OH is 1. The number of halogens is 1.